The standard InChI is InChI=1S/C31H33ClFN/c1-22-10-13-27(19-30(22)32)29-9-4-7-25-6-2-3-8-28(25)31(29)26-14-11-23(12-15-26)18-24-20-34(21-24)17-5-16-33/h2-3,6,8,10-15,19,24H,4-5,7,9,16-18,20-21H2,1H3. The van der Waals surface area contributed by atoms with Crippen LogP contribution in [0.4, 0.5) is 4.39 Å². The average molecular weight is 474 g/mol. The highest BCUT2D eigenvalue weighted by molar-refractivity contribution is 6.31. The molecular weight excluding hydrogens is 441 g/mol. The second kappa shape index (κ2) is 10.5. The molecule has 3 aromatic rings. The summed E-state index contributed by atoms with van der Waals surface area (Å²) in [6, 6.07) is 24.6. The average Bonchev–Trinajstić information content (AvgIpc) is 3.02. The summed E-state index contributed by atoms with van der Waals surface area (Å²) in [5.74, 6) is 0.688. The second-order valence-electron chi connectivity index (χ2n) is 9.90. The molecule has 0 amide bonds. The lowest BCUT2D eigenvalue weighted by atomic mass is 9.86. The highest BCUT2D eigenvalue weighted by atomic mass is 35.5. The van der Waals surface area contributed by atoms with Crippen LogP contribution in [0.2, 0.25) is 5.02 Å². The lowest BCUT2D eigenvalue weighted by molar-refractivity contribution is 0.0968. The molecule has 3 aromatic carbocycles. The van der Waals surface area contributed by atoms with Crippen LogP contribution in [0.5, 0.6) is 0 Å². The Morgan fingerprint density at radius 3 is 2.47 bits per heavy atom. The normalized spacial score (nSPS) is 16.8. The molecule has 34 heavy (non-hydrogen) atoms. The third-order valence-electron chi connectivity index (χ3n) is 7.39. The molecule has 1 fully saturated rings. The van der Waals surface area contributed by atoms with Crippen LogP contribution in [-0.4, -0.2) is 31.2 Å². The van der Waals surface area contributed by atoms with Crippen molar-refractivity contribution >= 4 is 22.7 Å². The van der Waals surface area contributed by atoms with Crippen molar-refractivity contribution in [3.05, 3.63) is 105 Å². The summed E-state index contributed by atoms with van der Waals surface area (Å²) in [6.07, 6.45) is 5.04. The molecule has 0 saturated carbocycles. The van der Waals surface area contributed by atoms with Gasteiger partial charge in [-0.25, -0.2) is 0 Å². The number of likely N-dealkylation sites (tertiary alicyclic amines) is 1. The zero-order chi connectivity index (χ0) is 23.5. The molecule has 2 aliphatic rings. The number of alkyl halides is 1. The first-order valence-corrected chi connectivity index (χ1v) is 13.0. The predicted molar refractivity (Wildman–Crippen MR) is 142 cm³/mol. The Morgan fingerprint density at radius 1 is 0.941 bits per heavy atom. The Morgan fingerprint density at radius 2 is 1.71 bits per heavy atom. The number of halogens is 2. The van der Waals surface area contributed by atoms with E-state index in [4.69, 9.17) is 11.6 Å². The number of aryl methyl sites for hydroxylation is 2. The zero-order valence-electron chi connectivity index (χ0n) is 20.0. The van der Waals surface area contributed by atoms with Crippen molar-refractivity contribution in [2.75, 3.05) is 26.3 Å². The van der Waals surface area contributed by atoms with Crippen LogP contribution >= 0.6 is 11.6 Å². The largest absolute Gasteiger partial charge is 0.303 e. The summed E-state index contributed by atoms with van der Waals surface area (Å²) in [5, 5.41) is 0.832. The number of allylic oxidation sites excluding steroid dienone is 1. The molecular formula is C31H33ClFN. The van der Waals surface area contributed by atoms with Gasteiger partial charge in [-0.1, -0.05) is 72.3 Å². The maximum absolute atomic E-state index is 12.4. The molecule has 176 valence electrons. The SMILES string of the molecule is Cc1ccc(C2=C(c3ccc(CC4CN(CCCF)C4)cc3)c3ccccc3CCC2)cc1Cl. The molecule has 0 atom stereocenters. The summed E-state index contributed by atoms with van der Waals surface area (Å²) in [7, 11) is 0. The number of hydrogen-bond donors (Lipinski definition) is 0. The van der Waals surface area contributed by atoms with E-state index in [1.807, 2.05) is 0 Å². The van der Waals surface area contributed by atoms with E-state index in [2.05, 4.69) is 78.6 Å². The van der Waals surface area contributed by atoms with Gasteiger partial charge in [-0.3, -0.25) is 4.39 Å². The fourth-order valence-corrected chi connectivity index (χ4v) is 5.72. The molecule has 5 rings (SSSR count). The summed E-state index contributed by atoms with van der Waals surface area (Å²) >= 11 is 6.55. The third kappa shape index (κ3) is 4.99. The molecule has 1 saturated heterocycles. The maximum atomic E-state index is 12.4. The first-order chi connectivity index (χ1) is 16.6. The zero-order valence-corrected chi connectivity index (χ0v) is 20.8. The lowest BCUT2D eigenvalue weighted by Crippen LogP contribution is -2.47. The van der Waals surface area contributed by atoms with Gasteiger partial charge in [0, 0.05) is 24.7 Å². The minimum Gasteiger partial charge on any atom is -0.303 e. The van der Waals surface area contributed by atoms with Crippen molar-refractivity contribution in [2.45, 2.75) is 39.0 Å². The van der Waals surface area contributed by atoms with Crippen LogP contribution in [0.15, 0.2) is 66.7 Å². The molecule has 0 N–H and O–H groups in total. The van der Waals surface area contributed by atoms with Crippen LogP contribution in [0.1, 0.15) is 52.6 Å². The summed E-state index contributed by atoms with van der Waals surface area (Å²) in [6.45, 7) is 4.94. The van der Waals surface area contributed by atoms with Crippen molar-refractivity contribution < 1.29 is 4.39 Å². The van der Waals surface area contributed by atoms with E-state index in [0.717, 1.165) is 55.9 Å². The van der Waals surface area contributed by atoms with Gasteiger partial charge in [0.05, 0.1) is 6.67 Å². The quantitative estimate of drug-likeness (QED) is 0.338. The first kappa shape index (κ1) is 23.3. The third-order valence-corrected chi connectivity index (χ3v) is 7.80. The number of rotatable bonds is 7. The van der Waals surface area contributed by atoms with E-state index in [-0.39, 0.29) is 6.67 Å². The maximum Gasteiger partial charge on any atom is 0.0906 e. The first-order valence-electron chi connectivity index (χ1n) is 12.6. The van der Waals surface area contributed by atoms with E-state index in [1.54, 1.807) is 0 Å². The van der Waals surface area contributed by atoms with E-state index in [0.29, 0.717) is 12.3 Å². The van der Waals surface area contributed by atoms with Crippen molar-refractivity contribution in [3.63, 3.8) is 0 Å². The number of benzene rings is 3. The Labute approximate surface area is 208 Å². The fourth-order valence-electron chi connectivity index (χ4n) is 5.54. The molecule has 0 radical (unpaired) electrons. The molecule has 1 heterocycles. The number of hydrogen-bond acceptors (Lipinski definition) is 1. The van der Waals surface area contributed by atoms with Crippen LogP contribution in [0, 0.1) is 12.8 Å². The highest BCUT2D eigenvalue weighted by Crippen LogP contribution is 2.40. The highest BCUT2D eigenvalue weighted by Gasteiger charge is 2.26. The van der Waals surface area contributed by atoms with Crippen molar-refractivity contribution in [1.29, 1.82) is 0 Å². The minimum atomic E-state index is -0.210. The van der Waals surface area contributed by atoms with Crippen LogP contribution in [0.25, 0.3) is 11.1 Å². The second-order valence-corrected chi connectivity index (χ2v) is 10.3. The van der Waals surface area contributed by atoms with E-state index >= 15 is 0 Å². The van der Waals surface area contributed by atoms with Gasteiger partial charge in [0.25, 0.3) is 0 Å². The van der Waals surface area contributed by atoms with Crippen LogP contribution in [0.3, 0.4) is 0 Å². The van der Waals surface area contributed by atoms with Crippen molar-refractivity contribution in [2.24, 2.45) is 5.92 Å². The van der Waals surface area contributed by atoms with Gasteiger partial charge < -0.3 is 4.90 Å². The van der Waals surface area contributed by atoms with Crippen LogP contribution in [-0.2, 0) is 12.8 Å². The molecule has 0 bridgehead atoms. The number of fused-ring (bicyclic) bond motifs is 1. The van der Waals surface area contributed by atoms with Gasteiger partial charge in [0.1, 0.15) is 0 Å². The molecule has 3 heteroatoms. The van der Waals surface area contributed by atoms with E-state index in [9.17, 15) is 4.39 Å². The molecule has 0 aromatic heterocycles. The number of nitrogens with zero attached hydrogens (tertiary/aromatic N) is 1. The van der Waals surface area contributed by atoms with Crippen molar-refractivity contribution in [1.82, 2.24) is 4.90 Å². The minimum absolute atomic E-state index is 0.210. The molecule has 1 nitrogen and oxygen atoms in total. The van der Waals surface area contributed by atoms with Crippen molar-refractivity contribution in [3.8, 4) is 0 Å². The fraction of sp³-hybridized carbons (Fsp3) is 0.355. The van der Waals surface area contributed by atoms with E-state index < -0.39 is 0 Å². The molecule has 0 unspecified atom stereocenters. The van der Waals surface area contributed by atoms with Crippen LogP contribution < -0.4 is 0 Å². The van der Waals surface area contributed by atoms with Gasteiger partial charge in [-0.05, 0) is 95.5 Å². The molecule has 1 aliphatic heterocycles. The molecule has 1 aliphatic carbocycles. The Balaban J connectivity index is 1.46. The predicted octanol–water partition coefficient (Wildman–Crippen LogP) is 7.78. The Hall–Kier alpha value is -2.42. The molecule has 0 spiro atoms. The van der Waals surface area contributed by atoms with Gasteiger partial charge in [-0.15, -0.1) is 0 Å². The smallest absolute Gasteiger partial charge is 0.0906 e. The van der Waals surface area contributed by atoms with Gasteiger partial charge in [-0.2, -0.15) is 0 Å². The van der Waals surface area contributed by atoms with E-state index in [1.165, 1.54) is 39.0 Å². The Bertz CT molecular complexity index is 1170. The monoisotopic (exact) mass is 473 g/mol. The topological polar surface area (TPSA) is 3.24 Å². The Kier molecular flexibility index (Phi) is 7.18. The summed E-state index contributed by atoms with van der Waals surface area (Å²) in [4.78, 5) is 2.37. The van der Waals surface area contributed by atoms with Gasteiger partial charge in [0.2, 0.25) is 0 Å². The van der Waals surface area contributed by atoms with Gasteiger partial charge in [0.15, 0.2) is 0 Å². The summed E-state index contributed by atoms with van der Waals surface area (Å²) in [5.41, 5.74) is 10.5. The summed E-state index contributed by atoms with van der Waals surface area (Å²) < 4.78 is 12.4. The lowest BCUT2D eigenvalue weighted by Gasteiger charge is -2.39. The van der Waals surface area contributed by atoms with Gasteiger partial charge >= 0.3 is 0 Å².